The molecular formula is C14H20FN3O3. The summed E-state index contributed by atoms with van der Waals surface area (Å²) < 4.78 is 18.1. The lowest BCUT2D eigenvalue weighted by Crippen LogP contribution is -2.42. The lowest BCUT2D eigenvalue weighted by atomic mass is 10.3. The smallest absolute Gasteiger partial charge is 0.321 e. The van der Waals surface area contributed by atoms with Gasteiger partial charge in [0, 0.05) is 13.6 Å². The van der Waals surface area contributed by atoms with Crippen LogP contribution >= 0.6 is 0 Å². The summed E-state index contributed by atoms with van der Waals surface area (Å²) in [4.78, 5) is 24.1. The van der Waals surface area contributed by atoms with Gasteiger partial charge in [-0.05, 0) is 37.7 Å². The monoisotopic (exact) mass is 297 g/mol. The van der Waals surface area contributed by atoms with Crippen molar-refractivity contribution < 1.29 is 18.7 Å². The van der Waals surface area contributed by atoms with Crippen LogP contribution in [0.25, 0.3) is 0 Å². The molecule has 116 valence electrons. The predicted molar refractivity (Wildman–Crippen MR) is 76.6 cm³/mol. The molecule has 3 amide bonds. The summed E-state index contributed by atoms with van der Waals surface area (Å²) in [6.45, 7) is 1.24. The molecule has 0 saturated heterocycles. The zero-order valence-corrected chi connectivity index (χ0v) is 12.2. The molecule has 0 aliphatic rings. The van der Waals surface area contributed by atoms with Gasteiger partial charge >= 0.3 is 6.03 Å². The fourth-order valence-electron chi connectivity index (χ4n) is 1.61. The Labute approximate surface area is 123 Å². The molecule has 0 atom stereocenters. The van der Waals surface area contributed by atoms with Gasteiger partial charge in [-0.2, -0.15) is 0 Å². The van der Waals surface area contributed by atoms with Gasteiger partial charge in [0.05, 0.1) is 13.2 Å². The van der Waals surface area contributed by atoms with E-state index in [9.17, 15) is 14.0 Å². The van der Waals surface area contributed by atoms with Crippen molar-refractivity contribution >= 4 is 11.9 Å². The average molecular weight is 297 g/mol. The summed E-state index contributed by atoms with van der Waals surface area (Å²) in [5.74, 6) is -0.0584. The van der Waals surface area contributed by atoms with Crippen LogP contribution in [0, 0.1) is 5.82 Å². The first-order chi connectivity index (χ1) is 10.0. The van der Waals surface area contributed by atoms with Crippen LogP contribution < -0.4 is 15.4 Å². The minimum atomic E-state index is -0.520. The summed E-state index contributed by atoms with van der Waals surface area (Å²) in [5, 5.41) is 4.49. The third-order valence-corrected chi connectivity index (χ3v) is 2.66. The minimum absolute atomic E-state index is 0.129. The molecule has 0 aromatic heterocycles. The Balaban J connectivity index is 2.15. The highest BCUT2D eigenvalue weighted by atomic mass is 19.1. The topological polar surface area (TPSA) is 70.7 Å². The predicted octanol–water partition coefficient (Wildman–Crippen LogP) is 0.982. The third kappa shape index (κ3) is 7.26. The maximum Gasteiger partial charge on any atom is 0.321 e. The highest BCUT2D eigenvalue weighted by Gasteiger charge is 2.08. The van der Waals surface area contributed by atoms with Gasteiger partial charge in [0.2, 0.25) is 5.91 Å². The number of halogens is 1. The van der Waals surface area contributed by atoms with Crippen LogP contribution in [-0.4, -0.2) is 50.6 Å². The molecule has 7 heteroatoms. The van der Waals surface area contributed by atoms with Crippen molar-refractivity contribution in [2.45, 2.75) is 6.42 Å². The fraction of sp³-hybridized carbons (Fsp3) is 0.429. The van der Waals surface area contributed by atoms with Gasteiger partial charge in [-0.15, -0.1) is 0 Å². The van der Waals surface area contributed by atoms with Crippen LogP contribution in [-0.2, 0) is 4.79 Å². The van der Waals surface area contributed by atoms with E-state index in [2.05, 4.69) is 10.6 Å². The van der Waals surface area contributed by atoms with Gasteiger partial charge < -0.3 is 10.1 Å². The molecule has 21 heavy (non-hydrogen) atoms. The molecule has 1 rings (SSSR count). The van der Waals surface area contributed by atoms with E-state index in [1.165, 1.54) is 19.2 Å². The molecular weight excluding hydrogens is 277 g/mol. The lowest BCUT2D eigenvalue weighted by molar-refractivity contribution is -0.120. The molecule has 0 radical (unpaired) electrons. The molecule has 2 N–H and O–H groups in total. The Morgan fingerprint density at radius 1 is 1.29 bits per heavy atom. The van der Waals surface area contributed by atoms with Gasteiger partial charge in [-0.1, -0.05) is 0 Å². The van der Waals surface area contributed by atoms with Crippen molar-refractivity contribution in [2.24, 2.45) is 0 Å². The summed E-state index contributed by atoms with van der Waals surface area (Å²) >= 11 is 0. The third-order valence-electron chi connectivity index (χ3n) is 2.66. The molecule has 0 unspecified atom stereocenters. The van der Waals surface area contributed by atoms with Crippen molar-refractivity contribution in [3.63, 3.8) is 0 Å². The first-order valence-electron chi connectivity index (χ1n) is 6.59. The number of carbonyl (C=O) groups is 2. The number of benzene rings is 1. The Kier molecular flexibility index (Phi) is 7.17. The first kappa shape index (κ1) is 16.9. The summed E-state index contributed by atoms with van der Waals surface area (Å²) in [7, 11) is 3.22. The number of ether oxygens (including phenoxy) is 1. The van der Waals surface area contributed by atoms with Crippen molar-refractivity contribution in [2.75, 3.05) is 33.8 Å². The Morgan fingerprint density at radius 2 is 1.95 bits per heavy atom. The van der Waals surface area contributed by atoms with Gasteiger partial charge in [-0.3, -0.25) is 15.0 Å². The summed E-state index contributed by atoms with van der Waals surface area (Å²) in [5.41, 5.74) is 0. The van der Waals surface area contributed by atoms with Crippen LogP contribution in [0.3, 0.4) is 0 Å². The highest BCUT2D eigenvalue weighted by molar-refractivity contribution is 5.95. The maximum atomic E-state index is 12.7. The van der Waals surface area contributed by atoms with E-state index in [4.69, 9.17) is 4.74 Å². The van der Waals surface area contributed by atoms with Gasteiger partial charge in [0.25, 0.3) is 0 Å². The molecule has 0 bridgehead atoms. The van der Waals surface area contributed by atoms with Crippen LogP contribution in [0.15, 0.2) is 24.3 Å². The second-order valence-corrected chi connectivity index (χ2v) is 4.52. The number of hydrogen-bond acceptors (Lipinski definition) is 4. The van der Waals surface area contributed by atoms with E-state index >= 15 is 0 Å². The zero-order valence-electron chi connectivity index (χ0n) is 12.2. The molecule has 1 aromatic carbocycles. The SMILES string of the molecule is CNC(=O)NC(=O)CN(C)CCCOc1ccc(F)cc1. The van der Waals surface area contributed by atoms with Crippen molar-refractivity contribution in [1.82, 2.24) is 15.5 Å². The molecule has 0 fully saturated rings. The number of likely N-dealkylation sites (N-methyl/N-ethyl adjacent to an activating group) is 1. The van der Waals surface area contributed by atoms with Crippen LogP contribution in [0.4, 0.5) is 9.18 Å². The molecule has 6 nitrogen and oxygen atoms in total. The van der Waals surface area contributed by atoms with Crippen LogP contribution in [0.5, 0.6) is 5.75 Å². The van der Waals surface area contributed by atoms with E-state index in [0.717, 1.165) is 0 Å². The maximum absolute atomic E-state index is 12.7. The number of carbonyl (C=O) groups excluding carboxylic acids is 2. The number of amides is 3. The lowest BCUT2D eigenvalue weighted by Gasteiger charge is -2.16. The van der Waals surface area contributed by atoms with E-state index in [0.29, 0.717) is 25.3 Å². The molecule has 0 aliphatic heterocycles. The average Bonchev–Trinajstić information content (AvgIpc) is 2.45. The molecule has 0 spiro atoms. The van der Waals surface area contributed by atoms with Crippen LogP contribution in [0.1, 0.15) is 6.42 Å². The Bertz CT molecular complexity index is 465. The quantitative estimate of drug-likeness (QED) is 0.736. The second kappa shape index (κ2) is 8.91. The number of rotatable bonds is 7. The normalized spacial score (nSPS) is 10.3. The summed E-state index contributed by atoms with van der Waals surface area (Å²) in [6, 6.07) is 5.29. The molecule has 0 aliphatic carbocycles. The van der Waals surface area contributed by atoms with E-state index < -0.39 is 6.03 Å². The van der Waals surface area contributed by atoms with Gasteiger partial charge in [0.15, 0.2) is 0 Å². The second-order valence-electron chi connectivity index (χ2n) is 4.52. The minimum Gasteiger partial charge on any atom is -0.494 e. The van der Waals surface area contributed by atoms with Crippen molar-refractivity contribution in [1.29, 1.82) is 0 Å². The van der Waals surface area contributed by atoms with E-state index in [1.54, 1.807) is 24.1 Å². The van der Waals surface area contributed by atoms with E-state index in [-0.39, 0.29) is 18.3 Å². The number of urea groups is 1. The van der Waals surface area contributed by atoms with Gasteiger partial charge in [-0.25, -0.2) is 9.18 Å². The summed E-state index contributed by atoms with van der Waals surface area (Å²) in [6.07, 6.45) is 0.709. The van der Waals surface area contributed by atoms with E-state index in [1.807, 2.05) is 0 Å². The Morgan fingerprint density at radius 3 is 2.57 bits per heavy atom. The van der Waals surface area contributed by atoms with Crippen molar-refractivity contribution in [3.8, 4) is 5.75 Å². The molecule has 0 saturated carbocycles. The van der Waals surface area contributed by atoms with Gasteiger partial charge in [0.1, 0.15) is 11.6 Å². The molecule has 0 heterocycles. The first-order valence-corrected chi connectivity index (χ1v) is 6.59. The van der Waals surface area contributed by atoms with Crippen molar-refractivity contribution in [3.05, 3.63) is 30.1 Å². The number of imide groups is 1. The standard InChI is InChI=1S/C14H20FN3O3/c1-16-14(20)17-13(19)10-18(2)8-3-9-21-12-6-4-11(15)5-7-12/h4-7H,3,8-10H2,1-2H3,(H2,16,17,19,20). The largest absolute Gasteiger partial charge is 0.494 e. The number of hydrogen-bond donors (Lipinski definition) is 2. The molecule has 1 aromatic rings. The number of nitrogens with zero attached hydrogens (tertiary/aromatic N) is 1. The zero-order chi connectivity index (χ0) is 15.7. The number of nitrogens with one attached hydrogen (secondary N) is 2. The van der Waals surface area contributed by atoms with Crippen LogP contribution in [0.2, 0.25) is 0 Å². The highest BCUT2D eigenvalue weighted by Crippen LogP contribution is 2.11. The Hall–Kier alpha value is -2.15. The fourth-order valence-corrected chi connectivity index (χ4v) is 1.61.